The molecule has 4 aromatic rings. The summed E-state index contributed by atoms with van der Waals surface area (Å²) in [5.41, 5.74) is 0.0254. The summed E-state index contributed by atoms with van der Waals surface area (Å²) < 4.78 is 59.2. The van der Waals surface area contributed by atoms with Crippen molar-refractivity contribution < 1.29 is 32.2 Å². The maximum Gasteiger partial charge on any atom is 0.435 e. The number of alkyl halides is 3. The largest absolute Gasteiger partial charge is 0.481 e. The highest BCUT2D eigenvalue weighted by molar-refractivity contribution is 6.31. The van der Waals surface area contributed by atoms with E-state index in [1.165, 1.54) is 43.8 Å². The number of hydrogen-bond donors (Lipinski definition) is 2. The molecular weight excluding hydrogens is 520 g/mol. The Bertz CT molecular complexity index is 1510. The zero-order valence-electron chi connectivity index (χ0n) is 18.7. The van der Waals surface area contributed by atoms with Gasteiger partial charge < -0.3 is 15.2 Å². The van der Waals surface area contributed by atoms with Gasteiger partial charge in [-0.15, -0.1) is 0 Å². The van der Waals surface area contributed by atoms with Gasteiger partial charge in [0.25, 0.3) is 0 Å². The SMILES string of the molecule is COc1ncc(-c2cnc(Nc3ccc(F)c(Cl)c3)nc2-n2ccc(C(F)(F)F)n2)cc1/C=C/C(=O)O. The normalized spacial score (nSPS) is 11.6. The summed E-state index contributed by atoms with van der Waals surface area (Å²) in [5.74, 6) is -1.82. The summed E-state index contributed by atoms with van der Waals surface area (Å²) in [6.07, 6.45) is 1.20. The van der Waals surface area contributed by atoms with E-state index >= 15 is 0 Å². The number of pyridine rings is 1. The average Bonchev–Trinajstić information content (AvgIpc) is 3.36. The van der Waals surface area contributed by atoms with Gasteiger partial charge in [-0.05, 0) is 36.4 Å². The number of nitrogens with one attached hydrogen (secondary N) is 1. The molecule has 1 aromatic carbocycles. The molecule has 37 heavy (non-hydrogen) atoms. The van der Waals surface area contributed by atoms with Crippen LogP contribution in [-0.4, -0.2) is 42.9 Å². The summed E-state index contributed by atoms with van der Waals surface area (Å²) in [6, 6.07) is 6.08. The van der Waals surface area contributed by atoms with Crippen molar-refractivity contribution in [3.05, 3.63) is 77.1 Å². The Morgan fingerprint density at radius 3 is 2.62 bits per heavy atom. The van der Waals surface area contributed by atoms with Crippen molar-refractivity contribution in [3.63, 3.8) is 0 Å². The molecule has 0 aliphatic heterocycles. The Balaban J connectivity index is 1.84. The second kappa shape index (κ2) is 10.2. The lowest BCUT2D eigenvalue weighted by Gasteiger charge is -2.13. The molecule has 190 valence electrons. The number of carboxylic acids is 1. The van der Waals surface area contributed by atoms with Crippen LogP contribution in [0.4, 0.5) is 29.2 Å². The third-order valence-corrected chi connectivity index (χ3v) is 5.12. The second-order valence-corrected chi connectivity index (χ2v) is 7.73. The maximum absolute atomic E-state index is 13.5. The quantitative estimate of drug-likeness (QED) is 0.240. The second-order valence-electron chi connectivity index (χ2n) is 7.32. The predicted octanol–water partition coefficient (Wildman–Crippen LogP) is 5.39. The number of benzene rings is 1. The molecule has 3 aromatic heterocycles. The third-order valence-electron chi connectivity index (χ3n) is 4.83. The van der Waals surface area contributed by atoms with E-state index in [-0.39, 0.29) is 33.8 Å². The lowest BCUT2D eigenvalue weighted by molar-refractivity contribution is -0.141. The van der Waals surface area contributed by atoms with Gasteiger partial charge >= 0.3 is 12.1 Å². The topological polar surface area (TPSA) is 115 Å². The Morgan fingerprint density at radius 2 is 1.97 bits per heavy atom. The van der Waals surface area contributed by atoms with Crippen molar-refractivity contribution >= 4 is 35.3 Å². The summed E-state index contributed by atoms with van der Waals surface area (Å²) in [6.45, 7) is 0. The number of aromatic nitrogens is 5. The fourth-order valence-corrected chi connectivity index (χ4v) is 3.36. The number of halogens is 5. The minimum absolute atomic E-state index is 0.0436. The molecule has 3 heterocycles. The van der Waals surface area contributed by atoms with Crippen LogP contribution in [0.5, 0.6) is 5.88 Å². The number of carbonyl (C=O) groups is 1. The fourth-order valence-electron chi connectivity index (χ4n) is 3.17. The Labute approximate surface area is 211 Å². The smallest absolute Gasteiger partial charge is 0.435 e. The van der Waals surface area contributed by atoms with Crippen molar-refractivity contribution in [3.8, 4) is 22.8 Å². The fraction of sp³-hybridized carbons (Fsp3) is 0.0870. The summed E-state index contributed by atoms with van der Waals surface area (Å²) in [5, 5.41) is 15.2. The van der Waals surface area contributed by atoms with Crippen molar-refractivity contribution in [2.24, 2.45) is 0 Å². The third kappa shape index (κ3) is 5.83. The van der Waals surface area contributed by atoms with Gasteiger partial charge in [-0.2, -0.15) is 23.3 Å². The minimum atomic E-state index is -4.69. The molecule has 0 radical (unpaired) electrons. The van der Waals surface area contributed by atoms with Crippen LogP contribution >= 0.6 is 11.6 Å². The number of ether oxygens (including phenoxy) is 1. The van der Waals surface area contributed by atoms with E-state index in [1.54, 1.807) is 0 Å². The first-order valence-corrected chi connectivity index (χ1v) is 10.6. The van der Waals surface area contributed by atoms with Crippen molar-refractivity contribution in [1.29, 1.82) is 0 Å². The number of methoxy groups -OCH3 is 1. The zero-order chi connectivity index (χ0) is 26.7. The molecule has 0 fully saturated rings. The monoisotopic (exact) mass is 534 g/mol. The van der Waals surface area contributed by atoms with Gasteiger partial charge in [0, 0.05) is 47.0 Å². The number of aliphatic carboxylic acids is 1. The van der Waals surface area contributed by atoms with E-state index < -0.39 is 23.7 Å². The van der Waals surface area contributed by atoms with Gasteiger partial charge in [0.2, 0.25) is 11.8 Å². The van der Waals surface area contributed by atoms with Crippen LogP contribution < -0.4 is 10.1 Å². The van der Waals surface area contributed by atoms with Gasteiger partial charge in [-0.3, -0.25) is 0 Å². The van der Waals surface area contributed by atoms with Crippen molar-refractivity contribution in [1.82, 2.24) is 24.7 Å². The minimum Gasteiger partial charge on any atom is -0.481 e. The number of anilines is 2. The molecule has 0 unspecified atom stereocenters. The van der Waals surface area contributed by atoms with Crippen LogP contribution in [0.25, 0.3) is 23.0 Å². The average molecular weight is 535 g/mol. The maximum atomic E-state index is 13.5. The molecule has 0 saturated carbocycles. The molecule has 2 N–H and O–H groups in total. The predicted molar refractivity (Wildman–Crippen MR) is 125 cm³/mol. The van der Waals surface area contributed by atoms with E-state index in [1.807, 2.05) is 0 Å². The molecule has 14 heteroatoms. The Kier molecular flexibility index (Phi) is 7.07. The van der Waals surface area contributed by atoms with Crippen LogP contribution in [0.1, 0.15) is 11.3 Å². The van der Waals surface area contributed by atoms with Crippen LogP contribution in [0, 0.1) is 5.82 Å². The van der Waals surface area contributed by atoms with E-state index in [4.69, 9.17) is 21.4 Å². The molecule has 0 saturated heterocycles. The molecule has 0 amide bonds. The van der Waals surface area contributed by atoms with Gasteiger partial charge in [0.1, 0.15) is 5.82 Å². The molecule has 4 rings (SSSR count). The summed E-state index contributed by atoms with van der Waals surface area (Å²) in [4.78, 5) is 23.6. The first-order chi connectivity index (χ1) is 17.5. The van der Waals surface area contributed by atoms with E-state index in [9.17, 15) is 22.4 Å². The highest BCUT2D eigenvalue weighted by atomic mass is 35.5. The molecule has 9 nitrogen and oxygen atoms in total. The molecular formula is C23H15ClF4N6O3. The number of rotatable bonds is 7. The summed E-state index contributed by atoms with van der Waals surface area (Å²) in [7, 11) is 1.35. The van der Waals surface area contributed by atoms with Crippen LogP contribution in [-0.2, 0) is 11.0 Å². The molecule has 0 atom stereocenters. The zero-order valence-corrected chi connectivity index (χ0v) is 19.4. The lowest BCUT2D eigenvalue weighted by atomic mass is 10.1. The number of carboxylic acid groups (broad SMARTS) is 1. The van der Waals surface area contributed by atoms with Crippen LogP contribution in [0.15, 0.2) is 55.0 Å². The van der Waals surface area contributed by atoms with Gasteiger partial charge in [0.15, 0.2) is 11.5 Å². The summed E-state index contributed by atoms with van der Waals surface area (Å²) >= 11 is 5.81. The Hall–Kier alpha value is -4.52. The number of hydrogen-bond acceptors (Lipinski definition) is 7. The first kappa shape index (κ1) is 25.6. The molecule has 0 spiro atoms. The van der Waals surface area contributed by atoms with E-state index in [2.05, 4.69) is 25.4 Å². The van der Waals surface area contributed by atoms with Gasteiger partial charge in [-0.25, -0.2) is 23.8 Å². The highest BCUT2D eigenvalue weighted by Gasteiger charge is 2.34. The number of nitrogens with zero attached hydrogens (tertiary/aromatic N) is 5. The molecule has 0 bridgehead atoms. The van der Waals surface area contributed by atoms with Gasteiger partial charge in [0.05, 0.1) is 12.1 Å². The van der Waals surface area contributed by atoms with Crippen LogP contribution in [0.3, 0.4) is 0 Å². The van der Waals surface area contributed by atoms with E-state index in [0.29, 0.717) is 11.3 Å². The Morgan fingerprint density at radius 1 is 1.19 bits per heavy atom. The van der Waals surface area contributed by atoms with Crippen molar-refractivity contribution in [2.75, 3.05) is 12.4 Å². The molecule has 0 aliphatic rings. The first-order valence-electron chi connectivity index (χ1n) is 10.2. The van der Waals surface area contributed by atoms with Crippen molar-refractivity contribution in [2.45, 2.75) is 6.18 Å². The highest BCUT2D eigenvalue weighted by Crippen LogP contribution is 2.32. The van der Waals surface area contributed by atoms with Crippen LogP contribution in [0.2, 0.25) is 5.02 Å². The molecule has 0 aliphatic carbocycles. The van der Waals surface area contributed by atoms with E-state index in [0.717, 1.165) is 29.1 Å². The standard InChI is InChI=1S/C23H15ClF4N6O3/c1-37-21-12(2-5-19(35)36)8-13(10-29-21)15-11-30-22(31-14-3-4-17(25)16(24)9-14)32-20(15)34-7-6-18(33-34)23(26,27)28/h2-11H,1H3,(H,35,36)(H,30,31,32)/b5-2+. The van der Waals surface area contributed by atoms with Gasteiger partial charge in [-0.1, -0.05) is 11.6 Å². The lowest BCUT2D eigenvalue weighted by Crippen LogP contribution is -2.10.